The number of nitrogens with zero attached hydrogens (tertiary/aromatic N) is 6. The minimum atomic E-state index is -0.978. The van der Waals surface area contributed by atoms with Crippen LogP contribution >= 0.6 is 11.8 Å². The van der Waals surface area contributed by atoms with Crippen LogP contribution in [-0.4, -0.2) is 96.0 Å². The van der Waals surface area contributed by atoms with Crippen molar-refractivity contribution in [2.24, 2.45) is 11.8 Å². The zero-order chi connectivity index (χ0) is 30.6. The lowest BCUT2D eigenvalue weighted by atomic mass is 9.78. The topological polar surface area (TPSA) is 121 Å². The first kappa shape index (κ1) is 28.6. The van der Waals surface area contributed by atoms with Gasteiger partial charge < -0.3 is 24.5 Å². The number of amides is 3. The first-order valence-electron chi connectivity index (χ1n) is 14.9. The molecule has 0 aliphatic carbocycles. The first-order chi connectivity index (χ1) is 21.4. The van der Waals surface area contributed by atoms with Crippen molar-refractivity contribution in [3.05, 3.63) is 72.8 Å². The maximum absolute atomic E-state index is 14.5. The molecule has 0 bridgehead atoms. The Labute approximate surface area is 259 Å². The van der Waals surface area contributed by atoms with Crippen LogP contribution in [0.15, 0.2) is 72.8 Å². The summed E-state index contributed by atoms with van der Waals surface area (Å²) in [6.07, 6.45) is 7.90. The number of rotatable bonds is 7. The van der Waals surface area contributed by atoms with Crippen molar-refractivity contribution in [2.75, 3.05) is 31.2 Å². The molecule has 4 aliphatic heterocycles. The van der Waals surface area contributed by atoms with Gasteiger partial charge in [-0.2, -0.15) is 0 Å². The molecule has 1 aromatic heterocycles. The monoisotopic (exact) mass is 614 g/mol. The van der Waals surface area contributed by atoms with Gasteiger partial charge in [-0.25, -0.2) is 4.68 Å². The minimum Gasteiger partial charge on any atom is -0.494 e. The van der Waals surface area contributed by atoms with Crippen LogP contribution in [0.1, 0.15) is 13.8 Å². The molecule has 11 nitrogen and oxygen atoms in total. The Hall–Kier alpha value is -4.16. The summed E-state index contributed by atoms with van der Waals surface area (Å²) in [6, 6.07) is 13.4. The van der Waals surface area contributed by atoms with E-state index in [9.17, 15) is 19.5 Å². The third kappa shape index (κ3) is 4.34. The summed E-state index contributed by atoms with van der Waals surface area (Å²) in [4.78, 5) is 48.3. The highest BCUT2D eigenvalue weighted by molar-refractivity contribution is 8.02. The second-order valence-corrected chi connectivity index (χ2v) is 13.1. The third-order valence-electron chi connectivity index (χ3n) is 9.10. The molecule has 3 amide bonds. The van der Waals surface area contributed by atoms with Crippen LogP contribution in [-0.2, 0) is 21.1 Å². The summed E-state index contributed by atoms with van der Waals surface area (Å²) in [5, 5.41) is 18.4. The van der Waals surface area contributed by atoms with E-state index in [-0.39, 0.29) is 36.2 Å². The number of aliphatic hydroxyl groups is 1. The number of ether oxygens (including phenoxy) is 1. The molecule has 2 saturated heterocycles. The van der Waals surface area contributed by atoms with Crippen molar-refractivity contribution < 1.29 is 24.2 Å². The van der Waals surface area contributed by atoms with Gasteiger partial charge in [0, 0.05) is 24.0 Å². The maximum Gasteiger partial charge on any atom is 0.248 e. The van der Waals surface area contributed by atoms with Crippen molar-refractivity contribution in [2.45, 2.75) is 42.6 Å². The van der Waals surface area contributed by atoms with Crippen LogP contribution < -0.4 is 9.64 Å². The van der Waals surface area contributed by atoms with Crippen molar-refractivity contribution >= 4 is 46.2 Å². The Balaban J connectivity index is 1.25. The summed E-state index contributed by atoms with van der Waals surface area (Å²) >= 11 is 1.52. The number of carbonyl (C=O) groups excluding carboxylic acids is 3. The van der Waals surface area contributed by atoms with Gasteiger partial charge in [-0.3, -0.25) is 14.4 Å². The largest absolute Gasteiger partial charge is 0.494 e. The zero-order valence-corrected chi connectivity index (χ0v) is 25.3. The molecular formula is C32H34N6O5S. The van der Waals surface area contributed by atoms with E-state index < -0.39 is 28.7 Å². The van der Waals surface area contributed by atoms with E-state index >= 15 is 0 Å². The van der Waals surface area contributed by atoms with Crippen LogP contribution in [0.2, 0.25) is 0 Å². The smallest absolute Gasteiger partial charge is 0.248 e. The molecule has 1 unspecified atom stereocenters. The predicted octanol–water partition coefficient (Wildman–Crippen LogP) is 2.47. The molecule has 4 aliphatic rings. The lowest BCUT2D eigenvalue weighted by Crippen LogP contribution is -2.56. The van der Waals surface area contributed by atoms with E-state index in [0.29, 0.717) is 19.7 Å². The summed E-state index contributed by atoms with van der Waals surface area (Å²) in [6.45, 7) is 4.74. The second-order valence-electron chi connectivity index (χ2n) is 11.6. The van der Waals surface area contributed by atoms with E-state index in [0.717, 1.165) is 22.5 Å². The number of benzene rings is 2. The van der Waals surface area contributed by atoms with Gasteiger partial charge in [0.2, 0.25) is 17.7 Å². The van der Waals surface area contributed by atoms with E-state index in [1.165, 1.54) is 16.7 Å². The van der Waals surface area contributed by atoms with Crippen LogP contribution in [0, 0.1) is 11.8 Å². The number of anilines is 1. The Kier molecular flexibility index (Phi) is 7.20. The van der Waals surface area contributed by atoms with E-state index in [2.05, 4.69) is 10.3 Å². The standard InChI is InChI=1S/C32H34N6O5S/c1-3-43-22-13-11-21(12-14-22)36-17-6-10-25-26(29(36)40)27-30(41)38(20(2)18-39)28-31(42)35(16-7-15-32(27,28)44-25)19-37-24-9-5-4-8-23(24)33-34-37/h4-15,20,25-28,39H,3,16-19H2,1-2H3/t20-,25-,26+,27+,28?,32+/m1/s1. The molecule has 228 valence electrons. The number of para-hydroxylation sites is 1. The van der Waals surface area contributed by atoms with Gasteiger partial charge in [0.1, 0.15) is 24.0 Å². The van der Waals surface area contributed by atoms with Crippen LogP contribution in [0.5, 0.6) is 5.75 Å². The fourth-order valence-corrected chi connectivity index (χ4v) is 9.11. The van der Waals surface area contributed by atoms with Gasteiger partial charge in [-0.05, 0) is 50.2 Å². The fourth-order valence-electron chi connectivity index (χ4n) is 7.12. The molecule has 0 radical (unpaired) electrons. The molecule has 2 aromatic carbocycles. The predicted molar refractivity (Wildman–Crippen MR) is 166 cm³/mol. The van der Waals surface area contributed by atoms with Gasteiger partial charge in [-0.15, -0.1) is 16.9 Å². The van der Waals surface area contributed by atoms with Crippen LogP contribution in [0.25, 0.3) is 11.0 Å². The highest BCUT2D eigenvalue weighted by Gasteiger charge is 2.71. The number of hydrogen-bond acceptors (Lipinski definition) is 8. The Morgan fingerprint density at radius 2 is 1.84 bits per heavy atom. The molecule has 1 spiro atoms. The molecule has 2 fully saturated rings. The lowest BCUT2D eigenvalue weighted by Gasteiger charge is -2.37. The second kappa shape index (κ2) is 11.1. The van der Waals surface area contributed by atoms with Crippen LogP contribution in [0.4, 0.5) is 5.69 Å². The highest BCUT2D eigenvalue weighted by atomic mass is 32.2. The quantitative estimate of drug-likeness (QED) is 0.403. The molecule has 5 heterocycles. The first-order valence-corrected chi connectivity index (χ1v) is 15.8. The molecule has 6 atom stereocenters. The average Bonchev–Trinajstić information content (AvgIpc) is 3.59. The molecule has 12 heteroatoms. The van der Waals surface area contributed by atoms with Crippen molar-refractivity contribution in [1.82, 2.24) is 24.8 Å². The lowest BCUT2D eigenvalue weighted by molar-refractivity contribution is -0.146. The normalized spacial score (nSPS) is 28.6. The third-order valence-corrected chi connectivity index (χ3v) is 10.8. The Bertz CT molecular complexity index is 1670. The molecule has 3 aromatic rings. The molecule has 1 N–H and O–H groups in total. The summed E-state index contributed by atoms with van der Waals surface area (Å²) < 4.78 is 6.29. The fraction of sp³-hybridized carbons (Fsp3) is 0.406. The Morgan fingerprint density at radius 3 is 2.61 bits per heavy atom. The van der Waals surface area contributed by atoms with Crippen molar-refractivity contribution in [1.29, 1.82) is 0 Å². The molecular weight excluding hydrogens is 580 g/mol. The Morgan fingerprint density at radius 1 is 1.05 bits per heavy atom. The van der Waals surface area contributed by atoms with Gasteiger partial charge in [0.05, 0.1) is 41.4 Å². The van der Waals surface area contributed by atoms with Gasteiger partial charge in [0.15, 0.2) is 0 Å². The number of aromatic nitrogens is 3. The van der Waals surface area contributed by atoms with Gasteiger partial charge in [-0.1, -0.05) is 41.7 Å². The number of carbonyl (C=O) groups is 3. The minimum absolute atomic E-state index is 0.151. The average molecular weight is 615 g/mol. The van der Waals surface area contributed by atoms with E-state index in [1.54, 1.807) is 21.4 Å². The summed E-state index contributed by atoms with van der Waals surface area (Å²) in [5.41, 5.74) is 2.24. The van der Waals surface area contributed by atoms with Gasteiger partial charge >= 0.3 is 0 Å². The maximum atomic E-state index is 14.5. The highest BCUT2D eigenvalue weighted by Crippen LogP contribution is 2.61. The molecule has 7 rings (SSSR count). The number of hydrogen-bond donors (Lipinski definition) is 1. The van der Waals surface area contributed by atoms with E-state index in [1.807, 2.05) is 79.8 Å². The SMILES string of the molecule is CCOc1ccc(N2CC=C[C@H]3S[C@]45C=CCN(Cn6nnc7ccccc76)C(=O)C4N([C@H](C)CO)C(=O)[C@@H]5[C@H]3C2=O)cc1. The zero-order valence-electron chi connectivity index (χ0n) is 24.5. The number of fused-ring (bicyclic) bond motifs is 3. The van der Waals surface area contributed by atoms with Crippen LogP contribution in [0.3, 0.4) is 0 Å². The number of thioether (sulfide) groups is 1. The summed E-state index contributed by atoms with van der Waals surface area (Å²) in [7, 11) is 0. The summed E-state index contributed by atoms with van der Waals surface area (Å²) in [5.74, 6) is -1.41. The number of aliphatic hydroxyl groups excluding tert-OH is 1. The van der Waals surface area contributed by atoms with Crippen molar-refractivity contribution in [3.8, 4) is 5.75 Å². The molecule has 44 heavy (non-hydrogen) atoms. The van der Waals surface area contributed by atoms with Gasteiger partial charge in [0.25, 0.3) is 0 Å². The molecule has 0 saturated carbocycles. The number of likely N-dealkylation sites (tertiary alicyclic amines) is 1. The van der Waals surface area contributed by atoms with Crippen molar-refractivity contribution in [3.63, 3.8) is 0 Å². The van der Waals surface area contributed by atoms with E-state index in [4.69, 9.17) is 4.74 Å².